The smallest absolute Gasteiger partial charge is 0.0462 e. The van der Waals surface area contributed by atoms with Crippen LogP contribution in [-0.4, -0.2) is 6.04 Å². The highest BCUT2D eigenvalue weighted by atomic mass is 79.9. The first-order valence-electron chi connectivity index (χ1n) is 6.50. The fraction of sp³-hybridized carbons (Fsp3) is 0.250. The molecule has 0 aliphatic heterocycles. The van der Waals surface area contributed by atoms with E-state index >= 15 is 0 Å². The first kappa shape index (κ1) is 15.9. The molecule has 0 amide bonds. The molecular weight excluding hydrogens is 354 g/mol. The van der Waals surface area contributed by atoms with E-state index in [1.54, 1.807) is 11.8 Å². The molecule has 0 saturated carbocycles. The fourth-order valence-corrected chi connectivity index (χ4v) is 3.42. The van der Waals surface area contributed by atoms with Crippen molar-refractivity contribution in [2.24, 2.45) is 0 Å². The van der Waals surface area contributed by atoms with E-state index in [1.807, 2.05) is 24.3 Å². The maximum absolute atomic E-state index is 6.35. The van der Waals surface area contributed by atoms with Crippen LogP contribution in [0.15, 0.2) is 56.7 Å². The lowest BCUT2D eigenvalue weighted by Gasteiger charge is -2.11. The summed E-state index contributed by atoms with van der Waals surface area (Å²) in [6.45, 7) is 5.06. The molecule has 0 saturated heterocycles. The molecule has 0 spiro atoms. The fourth-order valence-electron chi connectivity index (χ4n) is 1.70. The van der Waals surface area contributed by atoms with Gasteiger partial charge in [-0.25, -0.2) is 0 Å². The zero-order valence-electron chi connectivity index (χ0n) is 11.5. The number of halogens is 2. The molecule has 0 bridgehead atoms. The van der Waals surface area contributed by atoms with Gasteiger partial charge in [0.25, 0.3) is 0 Å². The highest BCUT2D eigenvalue weighted by molar-refractivity contribution is 9.10. The van der Waals surface area contributed by atoms with Crippen molar-refractivity contribution in [2.75, 3.05) is 0 Å². The lowest BCUT2D eigenvalue weighted by Crippen LogP contribution is -2.21. The van der Waals surface area contributed by atoms with Gasteiger partial charge in [-0.05, 0) is 45.8 Å². The minimum atomic E-state index is 0.459. The first-order valence-corrected chi connectivity index (χ1v) is 8.49. The first-order chi connectivity index (χ1) is 9.56. The highest BCUT2D eigenvalue weighted by Gasteiger charge is 2.06. The lowest BCUT2D eigenvalue weighted by molar-refractivity contribution is 0.589. The van der Waals surface area contributed by atoms with Gasteiger partial charge in [-0.15, -0.1) is 0 Å². The summed E-state index contributed by atoms with van der Waals surface area (Å²) in [7, 11) is 0. The van der Waals surface area contributed by atoms with Gasteiger partial charge in [0.05, 0.1) is 0 Å². The van der Waals surface area contributed by atoms with Crippen LogP contribution in [0.3, 0.4) is 0 Å². The van der Waals surface area contributed by atoms with Crippen molar-refractivity contribution in [3.63, 3.8) is 0 Å². The van der Waals surface area contributed by atoms with Crippen molar-refractivity contribution < 1.29 is 0 Å². The van der Waals surface area contributed by atoms with Crippen molar-refractivity contribution in [3.05, 3.63) is 57.5 Å². The van der Waals surface area contributed by atoms with E-state index in [2.05, 4.69) is 53.3 Å². The van der Waals surface area contributed by atoms with Gasteiger partial charge in [0, 0.05) is 31.9 Å². The molecule has 1 nitrogen and oxygen atoms in total. The topological polar surface area (TPSA) is 12.0 Å². The van der Waals surface area contributed by atoms with E-state index in [1.165, 1.54) is 4.90 Å². The Hall–Kier alpha value is -0.480. The van der Waals surface area contributed by atoms with Crippen LogP contribution in [0.5, 0.6) is 0 Å². The second kappa shape index (κ2) is 7.51. The van der Waals surface area contributed by atoms with E-state index in [-0.39, 0.29) is 0 Å². The average molecular weight is 371 g/mol. The number of hydrogen-bond acceptors (Lipinski definition) is 2. The minimum absolute atomic E-state index is 0.459. The van der Waals surface area contributed by atoms with Crippen LogP contribution in [0, 0.1) is 0 Å². The Kier molecular flexibility index (Phi) is 5.97. The van der Waals surface area contributed by atoms with Crippen molar-refractivity contribution in [2.45, 2.75) is 36.2 Å². The molecule has 2 aromatic carbocycles. The van der Waals surface area contributed by atoms with Crippen molar-refractivity contribution in [1.82, 2.24) is 5.32 Å². The second-order valence-corrected chi connectivity index (χ2v) is 7.20. The van der Waals surface area contributed by atoms with E-state index in [4.69, 9.17) is 11.6 Å². The molecule has 0 aliphatic carbocycles. The van der Waals surface area contributed by atoms with Gasteiger partial charge in [-0.2, -0.15) is 0 Å². The number of benzene rings is 2. The molecule has 0 radical (unpaired) electrons. The third kappa shape index (κ3) is 4.52. The summed E-state index contributed by atoms with van der Waals surface area (Å²) < 4.78 is 1.10. The molecule has 106 valence electrons. The summed E-state index contributed by atoms with van der Waals surface area (Å²) in [6, 6.07) is 14.9. The predicted octanol–water partition coefficient (Wildman–Crippen LogP) is 5.75. The van der Waals surface area contributed by atoms with Crippen LogP contribution >= 0.6 is 39.3 Å². The molecule has 0 heterocycles. The number of hydrogen-bond donors (Lipinski definition) is 1. The third-order valence-corrected chi connectivity index (χ3v) is 5.16. The Morgan fingerprint density at radius 3 is 2.60 bits per heavy atom. The molecule has 20 heavy (non-hydrogen) atoms. The predicted molar refractivity (Wildman–Crippen MR) is 91.7 cm³/mol. The maximum atomic E-state index is 6.35. The van der Waals surface area contributed by atoms with E-state index < -0.39 is 0 Å². The van der Waals surface area contributed by atoms with Crippen LogP contribution in [0.4, 0.5) is 0 Å². The molecule has 1 N–H and O–H groups in total. The summed E-state index contributed by atoms with van der Waals surface area (Å²) in [5, 5.41) is 4.20. The van der Waals surface area contributed by atoms with Crippen LogP contribution in [0.1, 0.15) is 19.4 Å². The molecule has 2 rings (SSSR count). The molecule has 0 unspecified atom stereocenters. The van der Waals surface area contributed by atoms with Crippen LogP contribution in [-0.2, 0) is 6.54 Å². The minimum Gasteiger partial charge on any atom is -0.310 e. The third-order valence-electron chi connectivity index (χ3n) is 2.79. The van der Waals surface area contributed by atoms with Gasteiger partial charge < -0.3 is 5.32 Å². The Morgan fingerprint density at radius 2 is 1.95 bits per heavy atom. The zero-order valence-corrected chi connectivity index (χ0v) is 14.6. The number of rotatable bonds is 5. The summed E-state index contributed by atoms with van der Waals surface area (Å²) in [5.74, 6) is 0. The Labute approximate surface area is 138 Å². The zero-order chi connectivity index (χ0) is 14.5. The van der Waals surface area contributed by atoms with E-state index in [0.29, 0.717) is 6.04 Å². The summed E-state index contributed by atoms with van der Waals surface area (Å²) >= 11 is 11.6. The standard InChI is InChI=1S/C16H17BrClNS/c1-11(2)19-10-12-7-8-13(9-15(12)18)20-16-6-4-3-5-14(16)17/h3-9,11,19H,10H2,1-2H3. The second-order valence-electron chi connectivity index (χ2n) is 4.82. The summed E-state index contributed by atoms with van der Waals surface area (Å²) in [5.41, 5.74) is 1.14. The molecule has 0 aliphatic rings. The summed E-state index contributed by atoms with van der Waals surface area (Å²) in [6.07, 6.45) is 0. The molecule has 0 aromatic heterocycles. The molecule has 0 fully saturated rings. The average Bonchev–Trinajstić information content (AvgIpc) is 2.40. The Balaban J connectivity index is 2.11. The maximum Gasteiger partial charge on any atom is 0.0462 e. The van der Waals surface area contributed by atoms with Gasteiger partial charge >= 0.3 is 0 Å². The van der Waals surface area contributed by atoms with Crippen molar-refractivity contribution >= 4 is 39.3 Å². The number of nitrogens with one attached hydrogen (secondary N) is 1. The summed E-state index contributed by atoms with van der Waals surface area (Å²) in [4.78, 5) is 2.34. The monoisotopic (exact) mass is 369 g/mol. The van der Waals surface area contributed by atoms with Gasteiger partial charge in [-0.3, -0.25) is 0 Å². The molecule has 4 heteroatoms. The van der Waals surface area contributed by atoms with Crippen LogP contribution < -0.4 is 5.32 Å². The van der Waals surface area contributed by atoms with Gasteiger partial charge in [0.15, 0.2) is 0 Å². The van der Waals surface area contributed by atoms with Crippen molar-refractivity contribution in [1.29, 1.82) is 0 Å². The van der Waals surface area contributed by atoms with Crippen LogP contribution in [0.25, 0.3) is 0 Å². The lowest BCUT2D eigenvalue weighted by atomic mass is 10.2. The van der Waals surface area contributed by atoms with Crippen molar-refractivity contribution in [3.8, 4) is 0 Å². The van der Waals surface area contributed by atoms with Crippen LogP contribution in [0.2, 0.25) is 5.02 Å². The Morgan fingerprint density at radius 1 is 1.20 bits per heavy atom. The Bertz CT molecular complexity index is 586. The van der Waals surface area contributed by atoms with Gasteiger partial charge in [0.2, 0.25) is 0 Å². The van der Waals surface area contributed by atoms with E-state index in [9.17, 15) is 0 Å². The molecular formula is C16H17BrClNS. The largest absolute Gasteiger partial charge is 0.310 e. The normalized spacial score (nSPS) is 11.1. The SMILES string of the molecule is CC(C)NCc1ccc(Sc2ccccc2Br)cc1Cl. The molecule has 0 atom stereocenters. The van der Waals surface area contributed by atoms with Gasteiger partial charge in [0.1, 0.15) is 0 Å². The van der Waals surface area contributed by atoms with E-state index in [0.717, 1.165) is 26.5 Å². The quantitative estimate of drug-likeness (QED) is 0.719. The highest BCUT2D eigenvalue weighted by Crippen LogP contribution is 2.35. The molecule has 2 aromatic rings. The van der Waals surface area contributed by atoms with Gasteiger partial charge in [-0.1, -0.05) is 55.4 Å².